The first-order valence-corrected chi connectivity index (χ1v) is 11.3. The number of amides is 1. The second-order valence-corrected chi connectivity index (χ2v) is 9.44. The number of carbonyl (C=O) groups excluding carboxylic acids is 1. The Morgan fingerprint density at radius 1 is 1.07 bits per heavy atom. The van der Waals surface area contributed by atoms with E-state index in [9.17, 15) is 13.2 Å². The highest BCUT2D eigenvalue weighted by atomic mass is 32.2. The molecule has 1 aliphatic carbocycles. The molecule has 1 heterocycles. The smallest absolute Gasteiger partial charge is 0.268 e. The Balaban J connectivity index is 1.63. The van der Waals surface area contributed by atoms with Crippen LogP contribution in [-0.4, -0.2) is 29.1 Å². The number of hydrogen-bond donors (Lipinski definition) is 2. The van der Waals surface area contributed by atoms with Crippen LogP contribution >= 0.6 is 0 Å². The highest BCUT2D eigenvalue weighted by Gasteiger charge is 2.28. The number of hydrogen-bond acceptors (Lipinski definition) is 4. The lowest BCUT2D eigenvalue weighted by Crippen LogP contribution is -2.46. The van der Waals surface area contributed by atoms with Crippen LogP contribution in [-0.2, 0) is 17.1 Å². The van der Waals surface area contributed by atoms with Crippen molar-refractivity contribution in [3.05, 3.63) is 54.4 Å². The zero-order valence-electron chi connectivity index (χ0n) is 16.3. The van der Waals surface area contributed by atoms with E-state index in [1.54, 1.807) is 12.4 Å². The molecule has 2 aromatic carbocycles. The van der Waals surface area contributed by atoms with Crippen LogP contribution in [0.3, 0.4) is 0 Å². The molecular weight excluding hydrogens is 388 g/mol. The third-order valence-electron chi connectivity index (χ3n) is 5.48. The molecule has 0 radical (unpaired) electrons. The molecule has 1 fully saturated rings. The number of benzene rings is 2. The van der Waals surface area contributed by atoms with Gasteiger partial charge < -0.3 is 4.57 Å². The Morgan fingerprint density at radius 3 is 2.52 bits per heavy atom. The Labute approximate surface area is 170 Å². The maximum Gasteiger partial charge on any atom is 0.268 e. The third kappa shape index (κ3) is 4.04. The fraction of sp³-hybridized carbons (Fsp3) is 0.333. The molecule has 1 aliphatic rings. The summed E-state index contributed by atoms with van der Waals surface area (Å²) >= 11 is 0. The largest absolute Gasteiger partial charge is 0.334 e. The van der Waals surface area contributed by atoms with Gasteiger partial charge in [-0.15, -0.1) is 4.83 Å². The second kappa shape index (κ2) is 7.96. The molecule has 29 heavy (non-hydrogen) atoms. The Hall–Kier alpha value is -2.71. The van der Waals surface area contributed by atoms with Gasteiger partial charge >= 0.3 is 0 Å². The number of aromatic nitrogens is 2. The van der Waals surface area contributed by atoms with Gasteiger partial charge in [-0.1, -0.05) is 49.6 Å². The lowest BCUT2D eigenvalue weighted by molar-refractivity contribution is 0.0946. The van der Waals surface area contributed by atoms with Crippen LogP contribution in [0.4, 0.5) is 0 Å². The van der Waals surface area contributed by atoms with Gasteiger partial charge in [0, 0.05) is 7.05 Å². The van der Waals surface area contributed by atoms with Crippen molar-refractivity contribution in [2.24, 2.45) is 7.05 Å². The topological polar surface area (TPSA) is 93.1 Å². The van der Waals surface area contributed by atoms with E-state index in [1.165, 1.54) is 0 Å². The minimum atomic E-state index is -3.60. The van der Waals surface area contributed by atoms with E-state index >= 15 is 0 Å². The van der Waals surface area contributed by atoms with Gasteiger partial charge in [-0.3, -0.25) is 10.2 Å². The third-order valence-corrected chi connectivity index (χ3v) is 7.22. The van der Waals surface area contributed by atoms with Crippen molar-refractivity contribution < 1.29 is 13.2 Å². The molecule has 0 aliphatic heterocycles. The second-order valence-electron chi connectivity index (χ2n) is 7.47. The summed E-state index contributed by atoms with van der Waals surface area (Å²) in [6.07, 6.45) is 5.74. The first-order valence-electron chi connectivity index (χ1n) is 9.77. The number of nitrogens with one attached hydrogen (secondary N) is 2. The number of nitrogens with zero attached hydrogens (tertiary/aromatic N) is 2. The summed E-state index contributed by atoms with van der Waals surface area (Å²) in [5.41, 5.74) is 5.87. The van der Waals surface area contributed by atoms with Crippen LogP contribution in [0.15, 0.2) is 48.8 Å². The summed E-state index contributed by atoms with van der Waals surface area (Å²) in [6.45, 7) is 0. The van der Waals surface area contributed by atoms with Crippen LogP contribution in [0, 0.1) is 0 Å². The first-order chi connectivity index (χ1) is 14.0. The van der Waals surface area contributed by atoms with Gasteiger partial charge in [0.1, 0.15) is 5.52 Å². The minimum absolute atomic E-state index is 0.327. The van der Waals surface area contributed by atoms with Crippen LogP contribution < -0.4 is 10.3 Å². The SMILES string of the molecule is Cn1cnc2c(C(=O)NNS(=O)(=O)C3CCCCC3)cc(-c3ccccc3)cc21. The summed E-state index contributed by atoms with van der Waals surface area (Å²) in [5.74, 6) is -0.522. The first kappa shape index (κ1) is 19.6. The van der Waals surface area contributed by atoms with E-state index in [4.69, 9.17) is 0 Å². The number of aryl methyl sites for hydroxylation is 1. The zero-order chi connectivity index (χ0) is 20.4. The van der Waals surface area contributed by atoms with Gasteiger partial charge in [-0.05, 0) is 36.1 Å². The Morgan fingerprint density at radius 2 is 1.79 bits per heavy atom. The average molecular weight is 413 g/mol. The van der Waals surface area contributed by atoms with Crippen LogP contribution in [0.5, 0.6) is 0 Å². The van der Waals surface area contributed by atoms with Gasteiger partial charge in [0.05, 0.1) is 22.7 Å². The molecule has 1 aromatic heterocycles. The molecule has 152 valence electrons. The highest BCUT2D eigenvalue weighted by molar-refractivity contribution is 7.90. The average Bonchev–Trinajstić information content (AvgIpc) is 3.13. The van der Waals surface area contributed by atoms with E-state index in [0.29, 0.717) is 23.9 Å². The van der Waals surface area contributed by atoms with Gasteiger partial charge in [0.25, 0.3) is 5.91 Å². The summed E-state index contributed by atoms with van der Waals surface area (Å²) in [6, 6.07) is 13.4. The fourth-order valence-electron chi connectivity index (χ4n) is 3.84. The van der Waals surface area contributed by atoms with E-state index in [0.717, 1.165) is 35.9 Å². The Kier molecular flexibility index (Phi) is 5.38. The molecule has 3 aromatic rings. The number of imidazole rings is 1. The van der Waals surface area contributed by atoms with Crippen molar-refractivity contribution in [1.29, 1.82) is 0 Å². The quantitative estimate of drug-likeness (QED) is 0.630. The molecule has 1 amide bonds. The van der Waals surface area contributed by atoms with Crippen LogP contribution in [0.1, 0.15) is 42.5 Å². The predicted molar refractivity (Wildman–Crippen MR) is 113 cm³/mol. The Bertz CT molecular complexity index is 1130. The van der Waals surface area contributed by atoms with E-state index in [1.807, 2.05) is 48.0 Å². The zero-order valence-corrected chi connectivity index (χ0v) is 17.1. The van der Waals surface area contributed by atoms with Crippen molar-refractivity contribution in [3.8, 4) is 11.1 Å². The molecule has 1 saturated carbocycles. The minimum Gasteiger partial charge on any atom is -0.334 e. The van der Waals surface area contributed by atoms with Crippen LogP contribution in [0.2, 0.25) is 0 Å². The molecule has 0 saturated heterocycles. The van der Waals surface area contributed by atoms with Crippen molar-refractivity contribution in [1.82, 2.24) is 19.8 Å². The maximum absolute atomic E-state index is 12.9. The number of fused-ring (bicyclic) bond motifs is 1. The molecule has 0 spiro atoms. The summed E-state index contributed by atoms with van der Waals surface area (Å²) < 4.78 is 26.9. The van der Waals surface area contributed by atoms with Crippen LogP contribution in [0.25, 0.3) is 22.2 Å². The number of hydrazine groups is 1. The van der Waals surface area contributed by atoms with E-state index < -0.39 is 21.2 Å². The molecule has 4 rings (SSSR count). The fourth-order valence-corrected chi connectivity index (χ4v) is 5.20. The molecule has 7 nitrogen and oxygen atoms in total. The number of carbonyl (C=O) groups is 1. The summed E-state index contributed by atoms with van der Waals surface area (Å²) in [4.78, 5) is 19.5. The summed E-state index contributed by atoms with van der Waals surface area (Å²) in [5, 5.41) is -0.456. The normalized spacial score (nSPS) is 15.5. The van der Waals surface area contributed by atoms with Crippen molar-refractivity contribution in [3.63, 3.8) is 0 Å². The van der Waals surface area contributed by atoms with Crippen molar-refractivity contribution in [2.75, 3.05) is 0 Å². The van der Waals surface area contributed by atoms with Gasteiger partial charge in [0.15, 0.2) is 0 Å². The summed E-state index contributed by atoms with van der Waals surface area (Å²) in [7, 11) is -1.75. The molecular formula is C21H24N4O3S. The molecule has 0 bridgehead atoms. The van der Waals surface area contributed by atoms with Gasteiger partial charge in [0.2, 0.25) is 10.0 Å². The molecule has 8 heteroatoms. The predicted octanol–water partition coefficient (Wildman–Crippen LogP) is 3.14. The monoisotopic (exact) mass is 412 g/mol. The van der Waals surface area contributed by atoms with Crippen molar-refractivity contribution in [2.45, 2.75) is 37.4 Å². The maximum atomic E-state index is 12.9. The molecule has 2 N–H and O–H groups in total. The molecule has 0 unspecified atom stereocenters. The lowest BCUT2D eigenvalue weighted by atomic mass is 10.0. The lowest BCUT2D eigenvalue weighted by Gasteiger charge is -2.22. The standard InChI is InChI=1S/C21H24N4O3S/c1-25-14-22-20-18(12-16(13-19(20)25)15-8-4-2-5-9-15)21(26)23-24-29(27,28)17-10-6-3-7-11-17/h2,4-5,8-9,12-14,17,24H,3,6-7,10-11H2,1H3,(H,23,26). The van der Waals surface area contributed by atoms with E-state index in [-0.39, 0.29) is 0 Å². The van der Waals surface area contributed by atoms with Gasteiger partial charge in [-0.25, -0.2) is 13.4 Å². The molecule has 0 atom stereocenters. The number of sulfonamides is 1. The highest BCUT2D eigenvalue weighted by Crippen LogP contribution is 2.27. The van der Waals surface area contributed by atoms with Gasteiger partial charge in [-0.2, -0.15) is 0 Å². The number of rotatable bonds is 5. The van der Waals surface area contributed by atoms with E-state index in [2.05, 4.69) is 15.2 Å². The van der Waals surface area contributed by atoms with Crippen molar-refractivity contribution >= 4 is 27.0 Å².